The Bertz CT molecular complexity index is 598. The zero-order valence-electron chi connectivity index (χ0n) is 9.31. The molecular formula is C13H9BrN2OS. The van der Waals surface area contributed by atoms with Gasteiger partial charge in [0.2, 0.25) is 5.91 Å². The Morgan fingerprint density at radius 1 is 1.28 bits per heavy atom. The van der Waals surface area contributed by atoms with E-state index in [1.165, 1.54) is 0 Å². The van der Waals surface area contributed by atoms with Crippen LogP contribution < -0.4 is 5.32 Å². The van der Waals surface area contributed by atoms with E-state index in [0.29, 0.717) is 17.7 Å². The summed E-state index contributed by atoms with van der Waals surface area (Å²) in [6.07, 6.45) is 0.357. The highest BCUT2D eigenvalue weighted by Gasteiger charge is 2.06. The van der Waals surface area contributed by atoms with Crippen LogP contribution in [0.4, 0.5) is 5.69 Å². The highest BCUT2D eigenvalue weighted by Crippen LogP contribution is 2.22. The van der Waals surface area contributed by atoms with E-state index in [4.69, 9.17) is 5.26 Å². The molecule has 0 saturated carbocycles. The first-order valence-electron chi connectivity index (χ1n) is 5.21. The SMILES string of the molecule is N#Cc1ccc(NC(=O)Cc2ccc(Br)s2)cc1. The summed E-state index contributed by atoms with van der Waals surface area (Å²) in [7, 11) is 0. The summed E-state index contributed by atoms with van der Waals surface area (Å²) in [5.74, 6) is -0.0611. The van der Waals surface area contributed by atoms with Crippen molar-refractivity contribution in [2.45, 2.75) is 6.42 Å². The van der Waals surface area contributed by atoms with Gasteiger partial charge in [0.25, 0.3) is 0 Å². The number of nitrogens with one attached hydrogen (secondary N) is 1. The number of anilines is 1. The molecule has 1 heterocycles. The quantitative estimate of drug-likeness (QED) is 0.940. The summed E-state index contributed by atoms with van der Waals surface area (Å²) in [4.78, 5) is 12.8. The maximum absolute atomic E-state index is 11.8. The highest BCUT2D eigenvalue weighted by atomic mass is 79.9. The number of rotatable bonds is 3. The number of carbonyl (C=O) groups excluding carboxylic acids is 1. The minimum absolute atomic E-state index is 0.0611. The second-order valence-electron chi connectivity index (χ2n) is 3.62. The van der Waals surface area contributed by atoms with Crippen molar-refractivity contribution in [3.8, 4) is 6.07 Å². The predicted octanol–water partition coefficient (Wildman–Crippen LogP) is 3.56. The molecule has 0 saturated heterocycles. The lowest BCUT2D eigenvalue weighted by atomic mass is 10.2. The summed E-state index contributed by atoms with van der Waals surface area (Å²) in [6, 6.07) is 12.7. The number of nitriles is 1. The van der Waals surface area contributed by atoms with E-state index in [1.807, 2.05) is 18.2 Å². The van der Waals surface area contributed by atoms with Crippen molar-refractivity contribution in [1.29, 1.82) is 5.26 Å². The third kappa shape index (κ3) is 3.42. The average molecular weight is 321 g/mol. The summed E-state index contributed by atoms with van der Waals surface area (Å²) in [5, 5.41) is 11.5. The van der Waals surface area contributed by atoms with Crippen LogP contribution in [0.25, 0.3) is 0 Å². The number of hydrogen-bond acceptors (Lipinski definition) is 3. The maximum atomic E-state index is 11.8. The molecule has 0 atom stereocenters. The second kappa shape index (κ2) is 5.80. The molecule has 1 N–H and O–H groups in total. The molecule has 0 bridgehead atoms. The molecule has 0 spiro atoms. The summed E-state index contributed by atoms with van der Waals surface area (Å²) < 4.78 is 1.02. The van der Waals surface area contributed by atoms with Crippen molar-refractivity contribution in [3.05, 3.63) is 50.6 Å². The zero-order valence-corrected chi connectivity index (χ0v) is 11.7. The van der Waals surface area contributed by atoms with Gasteiger partial charge < -0.3 is 5.32 Å². The zero-order chi connectivity index (χ0) is 13.0. The van der Waals surface area contributed by atoms with Gasteiger partial charge in [-0.05, 0) is 52.3 Å². The van der Waals surface area contributed by atoms with Crippen molar-refractivity contribution in [1.82, 2.24) is 0 Å². The number of thiophene rings is 1. The van der Waals surface area contributed by atoms with Gasteiger partial charge in [0.05, 0.1) is 21.8 Å². The predicted molar refractivity (Wildman–Crippen MR) is 75.5 cm³/mol. The molecule has 0 radical (unpaired) electrons. The Hall–Kier alpha value is -1.64. The van der Waals surface area contributed by atoms with Gasteiger partial charge in [0.15, 0.2) is 0 Å². The lowest BCUT2D eigenvalue weighted by molar-refractivity contribution is -0.115. The van der Waals surface area contributed by atoms with Crippen molar-refractivity contribution in [3.63, 3.8) is 0 Å². The van der Waals surface area contributed by atoms with Crippen molar-refractivity contribution < 1.29 is 4.79 Å². The first-order chi connectivity index (χ1) is 8.67. The van der Waals surface area contributed by atoms with Gasteiger partial charge in [-0.1, -0.05) is 0 Å². The van der Waals surface area contributed by atoms with Gasteiger partial charge in [-0.2, -0.15) is 5.26 Å². The van der Waals surface area contributed by atoms with E-state index >= 15 is 0 Å². The molecule has 1 aromatic carbocycles. The number of amides is 1. The summed E-state index contributed by atoms with van der Waals surface area (Å²) in [6.45, 7) is 0. The molecular weight excluding hydrogens is 312 g/mol. The molecule has 0 fully saturated rings. The van der Waals surface area contributed by atoms with Crippen molar-refractivity contribution in [2.75, 3.05) is 5.32 Å². The number of nitrogens with zero attached hydrogens (tertiary/aromatic N) is 1. The van der Waals surface area contributed by atoms with Crippen LogP contribution in [0.3, 0.4) is 0 Å². The monoisotopic (exact) mass is 320 g/mol. The van der Waals surface area contributed by atoms with Crippen LogP contribution in [-0.2, 0) is 11.2 Å². The fourth-order valence-corrected chi connectivity index (χ4v) is 2.92. The van der Waals surface area contributed by atoms with Gasteiger partial charge >= 0.3 is 0 Å². The normalized spacial score (nSPS) is 9.78. The number of halogens is 1. The smallest absolute Gasteiger partial charge is 0.229 e. The minimum Gasteiger partial charge on any atom is -0.326 e. The standard InChI is InChI=1S/C13H9BrN2OS/c14-12-6-5-11(18-12)7-13(17)16-10-3-1-9(8-15)2-4-10/h1-6H,7H2,(H,16,17). The molecule has 0 aliphatic rings. The Morgan fingerprint density at radius 3 is 2.56 bits per heavy atom. The van der Waals surface area contributed by atoms with Gasteiger partial charge in [-0.3, -0.25) is 4.79 Å². The molecule has 18 heavy (non-hydrogen) atoms. The number of benzene rings is 1. The first kappa shape index (κ1) is 12.8. The van der Waals surface area contributed by atoms with Gasteiger partial charge in [-0.15, -0.1) is 11.3 Å². The Morgan fingerprint density at radius 2 is 2.00 bits per heavy atom. The molecule has 2 rings (SSSR count). The number of carbonyl (C=O) groups is 1. The topological polar surface area (TPSA) is 52.9 Å². The molecule has 0 unspecified atom stereocenters. The van der Waals surface area contributed by atoms with E-state index < -0.39 is 0 Å². The third-order valence-corrected chi connectivity index (χ3v) is 3.89. The van der Waals surface area contributed by atoms with Gasteiger partial charge in [-0.25, -0.2) is 0 Å². The summed E-state index contributed by atoms with van der Waals surface area (Å²) >= 11 is 4.91. The third-order valence-electron chi connectivity index (χ3n) is 2.26. The molecule has 3 nitrogen and oxygen atoms in total. The molecule has 1 aromatic heterocycles. The van der Waals surface area contributed by atoms with Crippen molar-refractivity contribution in [2.24, 2.45) is 0 Å². The van der Waals surface area contributed by atoms with Crippen LogP contribution >= 0.6 is 27.3 Å². The van der Waals surface area contributed by atoms with E-state index in [-0.39, 0.29) is 5.91 Å². The van der Waals surface area contributed by atoms with E-state index in [9.17, 15) is 4.79 Å². The maximum Gasteiger partial charge on any atom is 0.229 e. The fraction of sp³-hybridized carbons (Fsp3) is 0.0769. The Kier molecular flexibility index (Phi) is 4.13. The highest BCUT2D eigenvalue weighted by molar-refractivity contribution is 9.11. The summed E-state index contributed by atoms with van der Waals surface area (Å²) in [5.41, 5.74) is 1.28. The van der Waals surface area contributed by atoms with Crippen LogP contribution in [0.5, 0.6) is 0 Å². The van der Waals surface area contributed by atoms with Crippen LogP contribution in [0.15, 0.2) is 40.2 Å². The molecule has 0 aliphatic heterocycles. The van der Waals surface area contributed by atoms with Crippen LogP contribution in [0.2, 0.25) is 0 Å². The minimum atomic E-state index is -0.0611. The molecule has 0 aliphatic carbocycles. The lowest BCUT2D eigenvalue weighted by Crippen LogP contribution is -2.13. The molecule has 1 amide bonds. The largest absolute Gasteiger partial charge is 0.326 e. The fourth-order valence-electron chi connectivity index (χ4n) is 1.44. The Balaban J connectivity index is 1.96. The van der Waals surface area contributed by atoms with Gasteiger partial charge in [0, 0.05) is 10.6 Å². The first-order valence-corrected chi connectivity index (χ1v) is 6.82. The average Bonchev–Trinajstić information content (AvgIpc) is 2.75. The molecule has 90 valence electrons. The van der Waals surface area contributed by atoms with Crippen LogP contribution in [-0.4, -0.2) is 5.91 Å². The Labute approximate surface area is 117 Å². The van der Waals surface area contributed by atoms with E-state index in [2.05, 4.69) is 21.2 Å². The van der Waals surface area contributed by atoms with Crippen molar-refractivity contribution >= 4 is 38.9 Å². The van der Waals surface area contributed by atoms with E-state index in [1.54, 1.807) is 35.6 Å². The van der Waals surface area contributed by atoms with Gasteiger partial charge in [0.1, 0.15) is 0 Å². The van der Waals surface area contributed by atoms with E-state index in [0.717, 1.165) is 8.66 Å². The second-order valence-corrected chi connectivity index (χ2v) is 6.17. The molecule has 5 heteroatoms. The lowest BCUT2D eigenvalue weighted by Gasteiger charge is -2.03. The van der Waals surface area contributed by atoms with Crippen LogP contribution in [0, 0.1) is 11.3 Å². The molecule has 2 aromatic rings. The number of hydrogen-bond donors (Lipinski definition) is 1. The van der Waals surface area contributed by atoms with Crippen LogP contribution in [0.1, 0.15) is 10.4 Å².